The summed E-state index contributed by atoms with van der Waals surface area (Å²) in [5, 5.41) is 3.35. The molecule has 0 spiro atoms. The first-order chi connectivity index (χ1) is 15.1. The molecule has 32 heavy (non-hydrogen) atoms. The Bertz CT molecular complexity index is 1300. The zero-order chi connectivity index (χ0) is 23.0. The molecule has 1 atom stereocenters. The molecule has 4 aromatic rings. The molecular formula is C23H24F3N5S. The van der Waals surface area contributed by atoms with E-state index in [1.165, 1.54) is 12.1 Å². The van der Waals surface area contributed by atoms with Gasteiger partial charge in [-0.15, -0.1) is 0 Å². The van der Waals surface area contributed by atoms with Crippen molar-refractivity contribution in [2.75, 3.05) is 5.32 Å². The van der Waals surface area contributed by atoms with Gasteiger partial charge >= 0.3 is 6.18 Å². The number of imidazole rings is 2. The molecule has 0 aliphatic heterocycles. The lowest BCUT2D eigenvalue weighted by Crippen LogP contribution is -2.18. The molecule has 0 saturated heterocycles. The van der Waals surface area contributed by atoms with Gasteiger partial charge in [0.15, 0.2) is 4.77 Å². The third-order valence-electron chi connectivity index (χ3n) is 5.26. The van der Waals surface area contributed by atoms with Crippen LogP contribution < -0.4 is 5.32 Å². The van der Waals surface area contributed by atoms with E-state index in [-0.39, 0.29) is 11.6 Å². The van der Waals surface area contributed by atoms with Crippen LogP contribution in [0.5, 0.6) is 0 Å². The predicted molar refractivity (Wildman–Crippen MR) is 124 cm³/mol. The maximum atomic E-state index is 13.9. The monoisotopic (exact) mass is 459 g/mol. The number of hydrogen-bond donors (Lipinski definition) is 3. The van der Waals surface area contributed by atoms with Gasteiger partial charge in [-0.1, -0.05) is 32.0 Å². The number of nitrogens with one attached hydrogen (secondary N) is 3. The highest BCUT2D eigenvalue weighted by Crippen LogP contribution is 2.41. The van der Waals surface area contributed by atoms with Gasteiger partial charge in [0.05, 0.1) is 34.3 Å². The lowest BCUT2D eigenvalue weighted by Gasteiger charge is -2.20. The molecule has 2 aromatic carbocycles. The molecule has 2 heterocycles. The van der Waals surface area contributed by atoms with Crippen LogP contribution in [0.1, 0.15) is 32.8 Å². The lowest BCUT2D eigenvalue weighted by atomic mass is 10.0. The Labute approximate surface area is 188 Å². The number of hydrogen-bond acceptors (Lipinski definition) is 3. The molecule has 9 heteroatoms. The highest BCUT2D eigenvalue weighted by Gasteiger charge is 2.35. The Kier molecular flexibility index (Phi) is 5.85. The van der Waals surface area contributed by atoms with Gasteiger partial charge in [0.2, 0.25) is 0 Å². The van der Waals surface area contributed by atoms with Crippen LogP contribution in [0.25, 0.3) is 28.0 Å². The van der Waals surface area contributed by atoms with Crippen molar-refractivity contribution in [3.8, 4) is 16.9 Å². The smallest absolute Gasteiger partial charge is 0.367 e. The first-order valence-electron chi connectivity index (χ1n) is 10.4. The number of alkyl halides is 3. The molecular weight excluding hydrogens is 435 g/mol. The fourth-order valence-corrected chi connectivity index (χ4v) is 4.35. The minimum atomic E-state index is -4.51. The molecule has 0 bridgehead atoms. The number of halogens is 3. The van der Waals surface area contributed by atoms with Crippen LogP contribution >= 0.6 is 12.2 Å². The van der Waals surface area contributed by atoms with E-state index in [0.29, 0.717) is 27.9 Å². The summed E-state index contributed by atoms with van der Waals surface area (Å²) in [5.74, 6) is 0.890. The topological polar surface area (TPSA) is 61.4 Å². The minimum Gasteiger partial charge on any atom is -0.367 e. The van der Waals surface area contributed by atoms with E-state index in [0.717, 1.165) is 23.5 Å². The van der Waals surface area contributed by atoms with Crippen molar-refractivity contribution in [1.82, 2.24) is 19.5 Å². The molecule has 4 rings (SSSR count). The quantitative estimate of drug-likeness (QED) is 0.274. The van der Waals surface area contributed by atoms with Gasteiger partial charge < -0.3 is 15.3 Å². The summed E-state index contributed by atoms with van der Waals surface area (Å²) in [7, 11) is 0. The molecule has 168 valence electrons. The molecule has 3 N–H and O–H groups in total. The van der Waals surface area contributed by atoms with Crippen molar-refractivity contribution < 1.29 is 13.2 Å². The van der Waals surface area contributed by atoms with E-state index in [2.05, 4.69) is 34.1 Å². The van der Waals surface area contributed by atoms with E-state index in [1.54, 1.807) is 23.0 Å². The largest absolute Gasteiger partial charge is 0.417 e. The van der Waals surface area contributed by atoms with E-state index in [9.17, 15) is 13.2 Å². The SMILES string of the molecule is CC(C)CC(C)Nc1[nH]c(=S)n(-c2ccc3nc[nH]c3c2)c1-c1ccccc1C(F)(F)F. The van der Waals surface area contributed by atoms with Crippen molar-refractivity contribution in [3.63, 3.8) is 0 Å². The van der Waals surface area contributed by atoms with Crippen molar-refractivity contribution in [3.05, 3.63) is 59.1 Å². The number of aromatic amines is 2. The van der Waals surface area contributed by atoms with Crippen LogP contribution in [-0.2, 0) is 6.18 Å². The molecule has 0 fully saturated rings. The second-order valence-corrected chi connectivity index (χ2v) is 8.70. The molecule has 5 nitrogen and oxygen atoms in total. The number of fused-ring (bicyclic) bond motifs is 1. The standard InChI is InChI=1S/C23H24F3N5S/c1-13(2)10-14(3)29-21-20(16-6-4-5-7-17(16)23(24,25)26)31(22(32)30-21)15-8-9-18-19(11-15)28-12-27-18/h4-9,11-14,29H,10H2,1-3H3,(H,27,28)(H,30,32). The van der Waals surface area contributed by atoms with E-state index < -0.39 is 11.7 Å². The highest BCUT2D eigenvalue weighted by molar-refractivity contribution is 7.71. The maximum absolute atomic E-state index is 13.9. The molecule has 0 saturated carbocycles. The van der Waals surface area contributed by atoms with Crippen molar-refractivity contribution in [2.45, 2.75) is 39.4 Å². The maximum Gasteiger partial charge on any atom is 0.417 e. The number of nitrogens with zero attached hydrogens (tertiary/aromatic N) is 2. The van der Waals surface area contributed by atoms with Gasteiger partial charge in [0, 0.05) is 11.6 Å². The molecule has 0 aliphatic rings. The lowest BCUT2D eigenvalue weighted by molar-refractivity contribution is -0.137. The molecule has 0 radical (unpaired) electrons. The summed E-state index contributed by atoms with van der Waals surface area (Å²) >= 11 is 5.58. The Hall–Kier alpha value is -3.07. The van der Waals surface area contributed by atoms with Crippen molar-refractivity contribution in [1.29, 1.82) is 0 Å². The molecule has 2 aromatic heterocycles. The average Bonchev–Trinajstić information content (AvgIpc) is 3.29. The number of aromatic nitrogens is 4. The molecule has 0 aliphatic carbocycles. The summed E-state index contributed by atoms with van der Waals surface area (Å²) in [6, 6.07) is 11.0. The number of anilines is 1. The van der Waals surface area contributed by atoms with Gasteiger partial charge in [-0.3, -0.25) is 4.57 Å². The Morgan fingerprint density at radius 1 is 1.12 bits per heavy atom. The van der Waals surface area contributed by atoms with Gasteiger partial charge in [-0.05, 0) is 55.7 Å². The van der Waals surface area contributed by atoms with Gasteiger partial charge in [0.1, 0.15) is 5.82 Å². The number of rotatable bonds is 6. The summed E-state index contributed by atoms with van der Waals surface area (Å²) in [4.78, 5) is 10.4. The fraction of sp³-hybridized carbons (Fsp3) is 0.304. The molecule has 1 unspecified atom stereocenters. The second kappa shape index (κ2) is 8.46. The van der Waals surface area contributed by atoms with E-state index >= 15 is 0 Å². The summed E-state index contributed by atoms with van der Waals surface area (Å²) in [6.45, 7) is 6.21. The first kappa shape index (κ1) is 22.1. The first-order valence-corrected chi connectivity index (χ1v) is 10.8. The van der Waals surface area contributed by atoms with Crippen LogP contribution in [0, 0.1) is 10.7 Å². The zero-order valence-electron chi connectivity index (χ0n) is 17.9. The summed E-state index contributed by atoms with van der Waals surface area (Å²) in [6.07, 6.45) is -2.08. The Morgan fingerprint density at radius 3 is 2.59 bits per heavy atom. The van der Waals surface area contributed by atoms with Crippen molar-refractivity contribution >= 4 is 29.1 Å². The predicted octanol–water partition coefficient (Wildman–Crippen LogP) is 6.94. The number of benzene rings is 2. The number of H-pyrrole nitrogens is 2. The molecule has 0 amide bonds. The third-order valence-corrected chi connectivity index (χ3v) is 5.55. The highest BCUT2D eigenvalue weighted by atomic mass is 32.1. The van der Waals surface area contributed by atoms with E-state index in [1.807, 2.05) is 19.1 Å². The van der Waals surface area contributed by atoms with Crippen molar-refractivity contribution in [2.24, 2.45) is 5.92 Å². The fourth-order valence-electron chi connectivity index (χ4n) is 4.05. The average molecular weight is 460 g/mol. The third kappa shape index (κ3) is 4.29. The van der Waals surface area contributed by atoms with Gasteiger partial charge in [-0.2, -0.15) is 13.2 Å². The second-order valence-electron chi connectivity index (χ2n) is 8.31. The van der Waals surface area contributed by atoms with Crippen LogP contribution in [0.2, 0.25) is 0 Å². The van der Waals surface area contributed by atoms with Gasteiger partial charge in [0.25, 0.3) is 0 Å². The Balaban J connectivity index is 1.96. The normalized spacial score (nSPS) is 13.1. The van der Waals surface area contributed by atoms with Gasteiger partial charge in [-0.25, -0.2) is 4.98 Å². The summed E-state index contributed by atoms with van der Waals surface area (Å²) in [5.41, 5.74) is 1.85. The van der Waals surface area contributed by atoms with Crippen LogP contribution in [-0.4, -0.2) is 25.6 Å². The minimum absolute atomic E-state index is 0.0309. The van der Waals surface area contributed by atoms with Crippen LogP contribution in [0.3, 0.4) is 0 Å². The zero-order valence-corrected chi connectivity index (χ0v) is 18.7. The van der Waals surface area contributed by atoms with E-state index in [4.69, 9.17) is 12.2 Å². The Morgan fingerprint density at radius 2 is 1.88 bits per heavy atom. The van der Waals surface area contributed by atoms with Crippen LogP contribution in [0.4, 0.5) is 19.0 Å². The van der Waals surface area contributed by atoms with Crippen LogP contribution in [0.15, 0.2) is 48.8 Å². The summed E-state index contributed by atoms with van der Waals surface area (Å²) < 4.78 is 43.7.